The molecule has 0 spiro atoms. The van der Waals surface area contributed by atoms with Crippen molar-refractivity contribution in [2.75, 3.05) is 32.1 Å². The highest BCUT2D eigenvalue weighted by Gasteiger charge is 2.29. The minimum atomic E-state index is -0.0726. The van der Waals surface area contributed by atoms with Gasteiger partial charge in [0.1, 0.15) is 12.0 Å². The molecule has 1 amide bonds. The van der Waals surface area contributed by atoms with Gasteiger partial charge in [-0.25, -0.2) is 24.9 Å². The first-order chi connectivity index (χ1) is 17.1. The zero-order valence-electron chi connectivity index (χ0n) is 19.9. The number of pyridine rings is 1. The van der Waals surface area contributed by atoms with Crippen molar-refractivity contribution < 1.29 is 4.79 Å². The van der Waals surface area contributed by atoms with Crippen LogP contribution in [-0.2, 0) is 0 Å². The van der Waals surface area contributed by atoms with Crippen molar-refractivity contribution in [2.24, 2.45) is 0 Å². The van der Waals surface area contributed by atoms with E-state index in [0.717, 1.165) is 35.2 Å². The number of hydrogen-bond acceptors (Lipinski definition) is 7. The van der Waals surface area contributed by atoms with Crippen LogP contribution in [0.4, 0.5) is 5.95 Å². The van der Waals surface area contributed by atoms with E-state index in [1.807, 2.05) is 60.4 Å². The maximum Gasteiger partial charge on any atom is 0.272 e. The van der Waals surface area contributed by atoms with Gasteiger partial charge in [-0.15, -0.1) is 0 Å². The molecule has 0 bridgehead atoms. The summed E-state index contributed by atoms with van der Waals surface area (Å²) in [6.07, 6.45) is 8.64. The first-order valence-corrected chi connectivity index (χ1v) is 11.7. The van der Waals surface area contributed by atoms with Crippen molar-refractivity contribution in [3.8, 4) is 22.4 Å². The molecule has 5 rings (SSSR count). The molecular weight excluding hydrogens is 438 g/mol. The summed E-state index contributed by atoms with van der Waals surface area (Å²) in [6, 6.07) is 15.7. The number of aromatic nitrogens is 5. The van der Waals surface area contributed by atoms with Gasteiger partial charge in [0, 0.05) is 62.8 Å². The molecule has 1 aliphatic heterocycles. The van der Waals surface area contributed by atoms with Crippen molar-refractivity contribution >= 4 is 11.9 Å². The molecule has 8 heteroatoms. The molecular formula is C27H27N7O. The fourth-order valence-electron chi connectivity index (χ4n) is 4.44. The van der Waals surface area contributed by atoms with Gasteiger partial charge in [0.2, 0.25) is 5.95 Å². The van der Waals surface area contributed by atoms with Gasteiger partial charge in [-0.1, -0.05) is 36.4 Å². The second-order valence-corrected chi connectivity index (χ2v) is 8.85. The van der Waals surface area contributed by atoms with Gasteiger partial charge < -0.3 is 9.80 Å². The first kappa shape index (κ1) is 22.6. The number of likely N-dealkylation sites (tertiary alicyclic amines) is 1. The van der Waals surface area contributed by atoms with Crippen LogP contribution in [0.25, 0.3) is 22.4 Å². The Morgan fingerprint density at radius 2 is 1.74 bits per heavy atom. The number of carbonyl (C=O) groups is 1. The van der Waals surface area contributed by atoms with Crippen LogP contribution in [0.15, 0.2) is 73.4 Å². The molecule has 1 saturated heterocycles. The highest BCUT2D eigenvalue weighted by atomic mass is 16.2. The molecule has 8 nitrogen and oxygen atoms in total. The van der Waals surface area contributed by atoms with Gasteiger partial charge in [0.05, 0.1) is 11.4 Å². The molecule has 0 radical (unpaired) electrons. The average molecular weight is 466 g/mol. The van der Waals surface area contributed by atoms with E-state index in [2.05, 4.69) is 32.1 Å². The lowest BCUT2D eigenvalue weighted by molar-refractivity contribution is 0.0700. The second kappa shape index (κ2) is 9.97. The van der Waals surface area contributed by atoms with Gasteiger partial charge >= 0.3 is 0 Å². The molecule has 0 aliphatic carbocycles. The topological polar surface area (TPSA) is 88.0 Å². The molecule has 1 aromatic carbocycles. The summed E-state index contributed by atoms with van der Waals surface area (Å²) in [7, 11) is 3.88. The SMILES string of the molecule is CN(C)c1ncc(-c2ccccc2)c(C2CCCN(C(=O)c3cccc(-c4cncnc4)n3)C2)n1. The number of nitrogens with zero attached hydrogens (tertiary/aromatic N) is 7. The minimum absolute atomic E-state index is 0.0726. The molecule has 0 N–H and O–H groups in total. The summed E-state index contributed by atoms with van der Waals surface area (Å²) in [5, 5.41) is 0. The Labute approximate surface area is 204 Å². The number of rotatable bonds is 5. The number of carbonyl (C=O) groups excluding carboxylic acids is 1. The van der Waals surface area contributed by atoms with Crippen LogP contribution in [-0.4, -0.2) is 62.9 Å². The second-order valence-electron chi connectivity index (χ2n) is 8.85. The zero-order valence-corrected chi connectivity index (χ0v) is 19.9. The molecule has 1 aliphatic rings. The summed E-state index contributed by atoms with van der Waals surface area (Å²) >= 11 is 0. The Kier molecular flexibility index (Phi) is 6.43. The molecule has 4 aromatic rings. The first-order valence-electron chi connectivity index (χ1n) is 11.7. The molecule has 176 valence electrons. The van der Waals surface area contributed by atoms with Crippen LogP contribution in [0.5, 0.6) is 0 Å². The molecule has 0 saturated carbocycles. The summed E-state index contributed by atoms with van der Waals surface area (Å²) in [5.41, 5.74) is 4.96. The fraction of sp³-hybridized carbons (Fsp3) is 0.259. The van der Waals surface area contributed by atoms with Gasteiger partial charge in [0.25, 0.3) is 5.91 Å². The lowest BCUT2D eigenvalue weighted by atomic mass is 9.89. The maximum atomic E-state index is 13.5. The smallest absolute Gasteiger partial charge is 0.272 e. The Bertz CT molecular complexity index is 1310. The number of benzene rings is 1. The third kappa shape index (κ3) is 4.87. The molecule has 1 fully saturated rings. The van der Waals surface area contributed by atoms with E-state index in [-0.39, 0.29) is 11.8 Å². The van der Waals surface area contributed by atoms with Gasteiger partial charge in [-0.2, -0.15) is 0 Å². The van der Waals surface area contributed by atoms with E-state index in [1.54, 1.807) is 18.5 Å². The van der Waals surface area contributed by atoms with E-state index in [4.69, 9.17) is 4.98 Å². The highest BCUT2D eigenvalue weighted by molar-refractivity contribution is 5.93. The Balaban J connectivity index is 1.44. The molecule has 1 atom stereocenters. The molecule has 3 aromatic heterocycles. The van der Waals surface area contributed by atoms with E-state index < -0.39 is 0 Å². The highest BCUT2D eigenvalue weighted by Crippen LogP contribution is 2.34. The third-order valence-corrected chi connectivity index (χ3v) is 6.21. The van der Waals surface area contributed by atoms with E-state index >= 15 is 0 Å². The van der Waals surface area contributed by atoms with Crippen molar-refractivity contribution in [3.05, 3.63) is 84.8 Å². The van der Waals surface area contributed by atoms with Crippen LogP contribution in [0, 0.1) is 0 Å². The Hall–Kier alpha value is -4.20. The lowest BCUT2D eigenvalue weighted by Crippen LogP contribution is -2.40. The van der Waals surface area contributed by atoms with E-state index in [9.17, 15) is 4.79 Å². The number of anilines is 1. The predicted molar refractivity (Wildman–Crippen MR) is 135 cm³/mol. The van der Waals surface area contributed by atoms with E-state index in [0.29, 0.717) is 30.4 Å². The fourth-order valence-corrected chi connectivity index (χ4v) is 4.44. The maximum absolute atomic E-state index is 13.5. The van der Waals surface area contributed by atoms with Gasteiger partial charge in [-0.05, 0) is 30.5 Å². The Morgan fingerprint density at radius 3 is 2.51 bits per heavy atom. The average Bonchev–Trinajstić information content (AvgIpc) is 2.93. The normalized spacial score (nSPS) is 15.6. The monoisotopic (exact) mass is 465 g/mol. The van der Waals surface area contributed by atoms with Crippen molar-refractivity contribution in [1.82, 2.24) is 29.8 Å². The van der Waals surface area contributed by atoms with Crippen LogP contribution in [0.3, 0.4) is 0 Å². The summed E-state index contributed by atoms with van der Waals surface area (Å²) in [6.45, 7) is 1.28. The van der Waals surface area contributed by atoms with Crippen molar-refractivity contribution in [3.63, 3.8) is 0 Å². The molecule has 4 heterocycles. The van der Waals surface area contributed by atoms with E-state index in [1.165, 1.54) is 6.33 Å². The third-order valence-electron chi connectivity index (χ3n) is 6.21. The summed E-state index contributed by atoms with van der Waals surface area (Å²) in [5.74, 6) is 0.703. The largest absolute Gasteiger partial charge is 0.347 e. The standard InChI is InChI=1S/C27H27N7O/c1-33(2)27-30-16-22(19-8-4-3-5-9-19)25(32-27)20-10-7-13-34(17-20)26(35)24-12-6-11-23(31-24)21-14-28-18-29-15-21/h3-6,8-9,11-12,14-16,18,20H,7,10,13,17H2,1-2H3. The predicted octanol–water partition coefficient (Wildman–Crippen LogP) is 4.08. The lowest BCUT2D eigenvalue weighted by Gasteiger charge is -2.33. The Morgan fingerprint density at radius 1 is 0.943 bits per heavy atom. The van der Waals surface area contributed by atoms with Crippen molar-refractivity contribution in [1.29, 1.82) is 0 Å². The minimum Gasteiger partial charge on any atom is -0.347 e. The van der Waals surface area contributed by atoms with Crippen LogP contribution < -0.4 is 4.90 Å². The quantitative estimate of drug-likeness (QED) is 0.439. The number of hydrogen-bond donors (Lipinski definition) is 0. The van der Waals surface area contributed by atoms with Crippen LogP contribution in [0.1, 0.15) is 34.9 Å². The molecule has 35 heavy (non-hydrogen) atoms. The summed E-state index contributed by atoms with van der Waals surface area (Å²) < 4.78 is 0. The van der Waals surface area contributed by atoms with Gasteiger partial charge in [-0.3, -0.25) is 4.79 Å². The van der Waals surface area contributed by atoms with Crippen molar-refractivity contribution in [2.45, 2.75) is 18.8 Å². The zero-order chi connectivity index (χ0) is 24.2. The molecule has 1 unspecified atom stereocenters. The van der Waals surface area contributed by atoms with Crippen LogP contribution >= 0.6 is 0 Å². The number of piperidine rings is 1. The summed E-state index contributed by atoms with van der Waals surface area (Å²) in [4.78, 5) is 39.5. The number of amides is 1. The van der Waals surface area contributed by atoms with Gasteiger partial charge in [0.15, 0.2) is 0 Å². The van der Waals surface area contributed by atoms with Crippen LogP contribution in [0.2, 0.25) is 0 Å².